The van der Waals surface area contributed by atoms with Crippen molar-refractivity contribution in [2.45, 2.75) is 31.6 Å². The van der Waals surface area contributed by atoms with Gasteiger partial charge in [-0.3, -0.25) is 4.98 Å². The van der Waals surface area contributed by atoms with E-state index in [1.165, 1.54) is 18.9 Å². The van der Waals surface area contributed by atoms with Gasteiger partial charge in [-0.2, -0.15) is 0 Å². The predicted octanol–water partition coefficient (Wildman–Crippen LogP) is 4.21. The van der Waals surface area contributed by atoms with Crippen LogP contribution < -0.4 is 5.32 Å². The zero-order valence-electron chi connectivity index (χ0n) is 10.8. The molecule has 0 spiro atoms. The second-order valence-electron chi connectivity index (χ2n) is 5.11. The quantitative estimate of drug-likeness (QED) is 0.876. The van der Waals surface area contributed by atoms with Gasteiger partial charge in [0.2, 0.25) is 0 Å². The Hall–Kier alpha value is -1.71. The number of pyridine rings is 1. The molecule has 1 aliphatic carbocycles. The Morgan fingerprint density at radius 2 is 1.89 bits per heavy atom. The average Bonchev–Trinajstić information content (AvgIpc) is 2.90. The van der Waals surface area contributed by atoms with Crippen LogP contribution in [-0.2, 0) is 0 Å². The fourth-order valence-electron chi connectivity index (χ4n) is 2.93. The lowest BCUT2D eigenvalue weighted by Crippen LogP contribution is -2.02. The largest absolute Gasteiger partial charge is 0.387 e. The molecule has 1 heterocycles. The van der Waals surface area contributed by atoms with E-state index in [1.807, 2.05) is 6.07 Å². The van der Waals surface area contributed by atoms with Gasteiger partial charge in [0.05, 0.1) is 10.9 Å². The molecule has 0 unspecified atom stereocenters. The van der Waals surface area contributed by atoms with Crippen LogP contribution in [0.2, 0.25) is 0 Å². The van der Waals surface area contributed by atoms with Gasteiger partial charge >= 0.3 is 0 Å². The van der Waals surface area contributed by atoms with Gasteiger partial charge in [-0.1, -0.05) is 12.8 Å². The molecule has 1 aromatic heterocycles. The number of hydrogen-bond donors (Lipinski definition) is 1. The first kappa shape index (κ1) is 12.3. The van der Waals surface area contributed by atoms with Crippen molar-refractivity contribution in [1.82, 2.24) is 4.98 Å². The van der Waals surface area contributed by atoms with E-state index < -0.39 is 11.6 Å². The summed E-state index contributed by atoms with van der Waals surface area (Å²) in [6, 6.07) is 4.11. The second-order valence-corrected chi connectivity index (χ2v) is 5.11. The van der Waals surface area contributed by atoms with Crippen LogP contribution >= 0.6 is 0 Å². The Kier molecular flexibility index (Phi) is 3.09. The maximum Gasteiger partial charge on any atom is 0.137 e. The van der Waals surface area contributed by atoms with Crippen molar-refractivity contribution < 1.29 is 8.78 Å². The number of hydrogen-bond acceptors (Lipinski definition) is 2. The number of anilines is 1. The lowest BCUT2D eigenvalue weighted by atomic mass is 10.0. The van der Waals surface area contributed by atoms with E-state index in [1.54, 1.807) is 7.05 Å². The highest BCUT2D eigenvalue weighted by Crippen LogP contribution is 2.36. The normalized spacial score (nSPS) is 16.2. The molecular formula is C15H16F2N2. The van der Waals surface area contributed by atoms with Gasteiger partial charge in [0.15, 0.2) is 0 Å². The zero-order valence-corrected chi connectivity index (χ0v) is 10.8. The first-order valence-corrected chi connectivity index (χ1v) is 6.66. The lowest BCUT2D eigenvalue weighted by molar-refractivity contribution is 0.591. The Balaban J connectivity index is 2.21. The van der Waals surface area contributed by atoms with Crippen LogP contribution in [0, 0.1) is 11.6 Å². The molecule has 0 aliphatic heterocycles. The van der Waals surface area contributed by atoms with Crippen LogP contribution in [0.4, 0.5) is 14.5 Å². The third kappa shape index (κ3) is 2.15. The lowest BCUT2D eigenvalue weighted by Gasteiger charge is -2.14. The molecule has 0 saturated heterocycles. The summed E-state index contributed by atoms with van der Waals surface area (Å²) < 4.78 is 27.2. The van der Waals surface area contributed by atoms with E-state index in [0.717, 1.165) is 24.6 Å². The third-order valence-corrected chi connectivity index (χ3v) is 3.89. The monoisotopic (exact) mass is 262 g/mol. The Bertz CT molecular complexity index is 619. The topological polar surface area (TPSA) is 24.9 Å². The summed E-state index contributed by atoms with van der Waals surface area (Å²) in [6.07, 6.45) is 4.63. The molecule has 19 heavy (non-hydrogen) atoms. The fourth-order valence-corrected chi connectivity index (χ4v) is 2.93. The van der Waals surface area contributed by atoms with Crippen LogP contribution in [0.5, 0.6) is 0 Å². The summed E-state index contributed by atoms with van der Waals surface area (Å²) in [5.74, 6) is -0.726. The molecule has 0 radical (unpaired) electrons. The standard InChI is InChI=1S/C15H16F2N2/c1-18-13-8-12(9-4-2-3-5-9)19-14-7-10(16)6-11(17)15(13)14/h6-9H,2-5H2,1H3,(H,18,19). The zero-order chi connectivity index (χ0) is 13.4. The molecule has 2 aromatic rings. The van der Waals surface area contributed by atoms with Crippen molar-refractivity contribution in [3.63, 3.8) is 0 Å². The summed E-state index contributed by atoms with van der Waals surface area (Å²) in [4.78, 5) is 4.47. The van der Waals surface area contributed by atoms with Gasteiger partial charge in [-0.25, -0.2) is 8.78 Å². The highest BCUT2D eigenvalue weighted by molar-refractivity contribution is 5.92. The van der Waals surface area contributed by atoms with Crippen molar-refractivity contribution in [3.05, 3.63) is 35.5 Å². The molecule has 0 bridgehead atoms. The molecule has 100 valence electrons. The number of fused-ring (bicyclic) bond motifs is 1. The van der Waals surface area contributed by atoms with Crippen molar-refractivity contribution in [1.29, 1.82) is 0 Å². The number of nitrogens with one attached hydrogen (secondary N) is 1. The summed E-state index contributed by atoms with van der Waals surface area (Å²) in [7, 11) is 1.75. The van der Waals surface area contributed by atoms with Crippen molar-refractivity contribution in [2.75, 3.05) is 12.4 Å². The SMILES string of the molecule is CNc1cc(C2CCCC2)nc2cc(F)cc(F)c12. The summed E-state index contributed by atoms with van der Waals surface area (Å²) in [5.41, 5.74) is 2.02. The molecule has 4 heteroatoms. The highest BCUT2D eigenvalue weighted by Gasteiger charge is 2.20. The fraction of sp³-hybridized carbons (Fsp3) is 0.400. The third-order valence-electron chi connectivity index (χ3n) is 3.89. The van der Waals surface area contributed by atoms with E-state index in [-0.39, 0.29) is 0 Å². The van der Waals surface area contributed by atoms with E-state index >= 15 is 0 Å². The maximum atomic E-state index is 13.9. The molecule has 0 amide bonds. The molecule has 2 nitrogen and oxygen atoms in total. The van der Waals surface area contributed by atoms with E-state index in [0.29, 0.717) is 22.5 Å². The maximum absolute atomic E-state index is 13.9. The van der Waals surface area contributed by atoms with Gasteiger partial charge in [0, 0.05) is 36.5 Å². The molecule has 1 fully saturated rings. The smallest absolute Gasteiger partial charge is 0.137 e. The van der Waals surface area contributed by atoms with Gasteiger partial charge in [-0.15, -0.1) is 0 Å². The van der Waals surface area contributed by atoms with Gasteiger partial charge in [0.25, 0.3) is 0 Å². The van der Waals surface area contributed by atoms with Crippen LogP contribution in [0.3, 0.4) is 0 Å². The minimum Gasteiger partial charge on any atom is -0.387 e. The molecular weight excluding hydrogens is 246 g/mol. The van der Waals surface area contributed by atoms with E-state index in [9.17, 15) is 8.78 Å². The van der Waals surface area contributed by atoms with Crippen molar-refractivity contribution in [2.24, 2.45) is 0 Å². The van der Waals surface area contributed by atoms with Crippen LogP contribution in [0.1, 0.15) is 37.3 Å². The average molecular weight is 262 g/mol. The predicted molar refractivity (Wildman–Crippen MR) is 72.4 cm³/mol. The van der Waals surface area contributed by atoms with Gasteiger partial charge in [-0.05, 0) is 18.9 Å². The molecule has 3 rings (SSSR count). The second kappa shape index (κ2) is 4.76. The number of benzene rings is 1. The summed E-state index contributed by atoms with van der Waals surface area (Å²) >= 11 is 0. The molecule has 1 aromatic carbocycles. The van der Waals surface area contributed by atoms with Gasteiger partial charge < -0.3 is 5.32 Å². The number of rotatable bonds is 2. The van der Waals surface area contributed by atoms with Crippen LogP contribution in [-0.4, -0.2) is 12.0 Å². The molecule has 1 aliphatic rings. The summed E-state index contributed by atoms with van der Waals surface area (Å²) in [5, 5.41) is 3.36. The minimum atomic E-state index is -0.580. The molecule has 0 atom stereocenters. The Labute approximate surface area is 110 Å². The highest BCUT2D eigenvalue weighted by atomic mass is 19.1. The van der Waals surface area contributed by atoms with Crippen LogP contribution in [0.25, 0.3) is 10.9 Å². The van der Waals surface area contributed by atoms with E-state index in [2.05, 4.69) is 10.3 Å². The van der Waals surface area contributed by atoms with E-state index in [4.69, 9.17) is 0 Å². The Morgan fingerprint density at radius 1 is 1.16 bits per heavy atom. The number of aromatic nitrogens is 1. The molecule has 1 saturated carbocycles. The molecule has 1 N–H and O–H groups in total. The number of nitrogens with zero attached hydrogens (tertiary/aromatic N) is 1. The first-order valence-electron chi connectivity index (χ1n) is 6.66. The Morgan fingerprint density at radius 3 is 2.58 bits per heavy atom. The van der Waals surface area contributed by atoms with Crippen molar-refractivity contribution in [3.8, 4) is 0 Å². The number of halogens is 2. The van der Waals surface area contributed by atoms with Gasteiger partial charge in [0.1, 0.15) is 11.6 Å². The first-order chi connectivity index (χ1) is 9.19. The van der Waals surface area contributed by atoms with Crippen LogP contribution in [0.15, 0.2) is 18.2 Å². The minimum absolute atomic E-state index is 0.366. The van der Waals surface area contributed by atoms with Crippen molar-refractivity contribution >= 4 is 16.6 Å². The summed E-state index contributed by atoms with van der Waals surface area (Å²) in [6.45, 7) is 0.